The molecule has 0 amide bonds. The summed E-state index contributed by atoms with van der Waals surface area (Å²) >= 11 is 6.26. The van der Waals surface area contributed by atoms with E-state index >= 15 is 0 Å². The van der Waals surface area contributed by atoms with E-state index in [-0.39, 0.29) is 6.10 Å². The smallest absolute Gasteiger partial charge is 0.0967 e. The maximum absolute atomic E-state index is 8.83. The Morgan fingerprint density at radius 1 is 1.30 bits per heavy atom. The summed E-state index contributed by atoms with van der Waals surface area (Å²) < 4.78 is 5.95. The van der Waals surface area contributed by atoms with Crippen LogP contribution in [0.4, 0.5) is 0 Å². The summed E-state index contributed by atoms with van der Waals surface area (Å²) in [6, 6.07) is 8.37. The number of rotatable bonds is 6. The average molecular weight is 298 g/mol. The Bertz CT molecular complexity index is 413. The van der Waals surface area contributed by atoms with Gasteiger partial charge in [-0.1, -0.05) is 29.8 Å². The van der Waals surface area contributed by atoms with E-state index in [1.807, 2.05) is 24.3 Å². The molecule has 2 rings (SSSR count). The van der Waals surface area contributed by atoms with Crippen molar-refractivity contribution in [2.45, 2.75) is 38.3 Å². The summed E-state index contributed by atoms with van der Waals surface area (Å²) in [5.74, 6) is 0. The van der Waals surface area contributed by atoms with Gasteiger partial charge in [0.15, 0.2) is 0 Å². The van der Waals surface area contributed by atoms with E-state index in [2.05, 4.69) is 11.8 Å². The molecule has 1 aliphatic rings. The number of nitrogens with zero attached hydrogens (tertiary/aromatic N) is 1. The van der Waals surface area contributed by atoms with Crippen molar-refractivity contribution >= 4 is 11.6 Å². The molecule has 1 aromatic carbocycles. The van der Waals surface area contributed by atoms with Crippen LogP contribution in [-0.4, -0.2) is 42.4 Å². The Kier molecular flexibility index (Phi) is 6.30. The molecule has 0 saturated carbocycles. The van der Waals surface area contributed by atoms with Crippen LogP contribution in [0.25, 0.3) is 0 Å². The number of ether oxygens (including phenoxy) is 1. The first-order valence-corrected chi connectivity index (χ1v) is 7.81. The van der Waals surface area contributed by atoms with Crippen LogP contribution in [-0.2, 0) is 4.74 Å². The molecule has 1 saturated heterocycles. The third kappa shape index (κ3) is 4.19. The molecule has 0 radical (unpaired) electrons. The van der Waals surface area contributed by atoms with Gasteiger partial charge in [-0.15, -0.1) is 0 Å². The highest BCUT2D eigenvalue weighted by Crippen LogP contribution is 2.29. The van der Waals surface area contributed by atoms with E-state index < -0.39 is 0 Å². The second-order valence-electron chi connectivity index (χ2n) is 5.47. The molecule has 0 spiro atoms. The van der Waals surface area contributed by atoms with Crippen molar-refractivity contribution in [1.29, 1.82) is 0 Å². The highest BCUT2D eigenvalue weighted by atomic mass is 35.5. The highest BCUT2D eigenvalue weighted by Gasteiger charge is 2.27. The van der Waals surface area contributed by atoms with Gasteiger partial charge in [-0.05, 0) is 38.8 Å². The molecule has 1 fully saturated rings. The molecular formula is C16H24ClNO2. The molecule has 0 aromatic heterocycles. The summed E-state index contributed by atoms with van der Waals surface area (Å²) in [5.41, 5.74) is 1.08. The largest absolute Gasteiger partial charge is 0.396 e. The minimum atomic E-state index is 0.0674. The van der Waals surface area contributed by atoms with Gasteiger partial charge < -0.3 is 9.84 Å². The molecule has 20 heavy (non-hydrogen) atoms. The third-order valence-corrected chi connectivity index (χ3v) is 4.26. The van der Waals surface area contributed by atoms with Crippen LogP contribution >= 0.6 is 11.6 Å². The summed E-state index contributed by atoms with van der Waals surface area (Å²) in [6.45, 7) is 5.20. The minimum Gasteiger partial charge on any atom is -0.396 e. The molecule has 1 aromatic rings. The van der Waals surface area contributed by atoms with E-state index in [9.17, 15) is 0 Å². The first-order chi connectivity index (χ1) is 9.72. The molecule has 4 heteroatoms. The molecule has 3 nitrogen and oxygen atoms in total. The molecule has 112 valence electrons. The van der Waals surface area contributed by atoms with Crippen molar-refractivity contribution in [3.8, 4) is 0 Å². The van der Waals surface area contributed by atoms with Gasteiger partial charge in [0.1, 0.15) is 0 Å². The Morgan fingerprint density at radius 2 is 2.10 bits per heavy atom. The number of aliphatic hydroxyl groups is 1. The van der Waals surface area contributed by atoms with Crippen LogP contribution in [0, 0.1) is 0 Å². The second kappa shape index (κ2) is 7.99. The number of hydrogen-bond acceptors (Lipinski definition) is 3. The van der Waals surface area contributed by atoms with Crippen LogP contribution in [0.15, 0.2) is 24.3 Å². The van der Waals surface area contributed by atoms with Crippen molar-refractivity contribution in [3.63, 3.8) is 0 Å². The molecule has 1 aliphatic heterocycles. The Labute approximate surface area is 126 Å². The first kappa shape index (κ1) is 15.8. The lowest BCUT2D eigenvalue weighted by atomic mass is 10.1. The van der Waals surface area contributed by atoms with E-state index in [1.54, 1.807) is 0 Å². The van der Waals surface area contributed by atoms with Crippen LogP contribution in [0.3, 0.4) is 0 Å². The van der Waals surface area contributed by atoms with Gasteiger partial charge in [0, 0.05) is 29.8 Å². The van der Waals surface area contributed by atoms with Gasteiger partial charge in [-0.25, -0.2) is 0 Å². The number of morpholine rings is 1. The average Bonchev–Trinajstić information content (AvgIpc) is 2.46. The van der Waals surface area contributed by atoms with Gasteiger partial charge in [-0.2, -0.15) is 0 Å². The molecular weight excluding hydrogens is 274 g/mol. The van der Waals surface area contributed by atoms with Gasteiger partial charge in [0.2, 0.25) is 0 Å². The van der Waals surface area contributed by atoms with E-state index in [0.29, 0.717) is 12.6 Å². The molecule has 2 atom stereocenters. The Balaban J connectivity index is 1.92. The monoisotopic (exact) mass is 297 g/mol. The fraction of sp³-hybridized carbons (Fsp3) is 0.625. The number of benzene rings is 1. The molecule has 1 N–H and O–H groups in total. The maximum atomic E-state index is 8.83. The molecule has 0 bridgehead atoms. The van der Waals surface area contributed by atoms with E-state index in [0.717, 1.165) is 49.5 Å². The lowest BCUT2D eigenvalue weighted by Gasteiger charge is -2.38. The SMILES string of the molecule is CC1COC(c2ccccc2Cl)CN1CCCCCO. The van der Waals surface area contributed by atoms with Gasteiger partial charge in [-0.3, -0.25) is 4.90 Å². The van der Waals surface area contributed by atoms with Gasteiger partial charge in [0.25, 0.3) is 0 Å². The summed E-state index contributed by atoms with van der Waals surface area (Å²) in [6.07, 6.45) is 3.17. The normalized spacial score (nSPS) is 23.9. The molecule has 0 aliphatic carbocycles. The molecule has 1 heterocycles. The second-order valence-corrected chi connectivity index (χ2v) is 5.88. The van der Waals surface area contributed by atoms with Crippen LogP contribution in [0.1, 0.15) is 37.9 Å². The van der Waals surface area contributed by atoms with Crippen molar-refractivity contribution in [2.24, 2.45) is 0 Å². The number of halogens is 1. The summed E-state index contributed by atoms with van der Waals surface area (Å²) in [5, 5.41) is 9.61. The fourth-order valence-corrected chi connectivity index (χ4v) is 2.90. The fourth-order valence-electron chi connectivity index (χ4n) is 2.65. The van der Waals surface area contributed by atoms with E-state index in [4.69, 9.17) is 21.4 Å². The van der Waals surface area contributed by atoms with E-state index in [1.165, 1.54) is 0 Å². The molecule has 2 unspecified atom stereocenters. The van der Waals surface area contributed by atoms with Crippen LogP contribution < -0.4 is 0 Å². The zero-order valence-electron chi connectivity index (χ0n) is 12.1. The standard InChI is InChI=1S/C16H24ClNO2/c1-13-12-20-16(14-7-3-4-8-15(14)17)11-18(13)9-5-2-6-10-19/h3-4,7-8,13,16,19H,2,5-6,9-12H2,1H3. The van der Waals surface area contributed by atoms with Gasteiger partial charge in [0.05, 0.1) is 12.7 Å². The topological polar surface area (TPSA) is 32.7 Å². The van der Waals surface area contributed by atoms with Crippen molar-refractivity contribution < 1.29 is 9.84 Å². The predicted molar refractivity (Wildman–Crippen MR) is 82.1 cm³/mol. The number of hydrogen-bond donors (Lipinski definition) is 1. The summed E-state index contributed by atoms with van der Waals surface area (Å²) in [4.78, 5) is 2.47. The Hall–Kier alpha value is -0.610. The Morgan fingerprint density at radius 3 is 2.85 bits per heavy atom. The zero-order chi connectivity index (χ0) is 14.4. The number of aliphatic hydroxyl groups excluding tert-OH is 1. The quantitative estimate of drug-likeness (QED) is 0.818. The number of unbranched alkanes of at least 4 members (excludes halogenated alkanes) is 2. The zero-order valence-corrected chi connectivity index (χ0v) is 12.9. The minimum absolute atomic E-state index is 0.0674. The van der Waals surface area contributed by atoms with Crippen LogP contribution in [0.5, 0.6) is 0 Å². The van der Waals surface area contributed by atoms with Gasteiger partial charge >= 0.3 is 0 Å². The predicted octanol–water partition coefficient (Wildman–Crippen LogP) is 3.26. The lowest BCUT2D eigenvalue weighted by molar-refractivity contribution is -0.0603. The van der Waals surface area contributed by atoms with Crippen LogP contribution in [0.2, 0.25) is 5.02 Å². The van der Waals surface area contributed by atoms with Crippen molar-refractivity contribution in [2.75, 3.05) is 26.3 Å². The lowest BCUT2D eigenvalue weighted by Crippen LogP contribution is -2.45. The first-order valence-electron chi connectivity index (χ1n) is 7.43. The summed E-state index contributed by atoms with van der Waals surface area (Å²) in [7, 11) is 0. The van der Waals surface area contributed by atoms with Crippen molar-refractivity contribution in [1.82, 2.24) is 4.90 Å². The highest BCUT2D eigenvalue weighted by molar-refractivity contribution is 6.31. The third-order valence-electron chi connectivity index (χ3n) is 3.92. The van der Waals surface area contributed by atoms with Crippen molar-refractivity contribution in [3.05, 3.63) is 34.9 Å². The maximum Gasteiger partial charge on any atom is 0.0967 e.